The number of carbonyl (C=O) groups is 1. The summed E-state index contributed by atoms with van der Waals surface area (Å²) in [5, 5.41) is 4.49. The fourth-order valence-electron chi connectivity index (χ4n) is 3.49. The minimum atomic E-state index is -0.515. The molecule has 0 aliphatic carbocycles. The van der Waals surface area contributed by atoms with Crippen LogP contribution in [0.4, 0.5) is 0 Å². The fraction of sp³-hybridized carbons (Fsp3) is 0.300. The quantitative estimate of drug-likeness (QED) is 0.736. The molecule has 3 atom stereocenters. The maximum Gasteiger partial charge on any atom is 0.226 e. The first-order chi connectivity index (χ1) is 11.9. The number of halogens is 2. The maximum atomic E-state index is 12.8. The molecule has 1 saturated heterocycles. The summed E-state index contributed by atoms with van der Waals surface area (Å²) in [5.41, 5.74) is 1.37. The third-order valence-electron chi connectivity index (χ3n) is 4.85. The second-order valence-corrected chi connectivity index (χ2v) is 7.64. The molecule has 0 bridgehead atoms. The average molecular weight is 375 g/mol. The van der Waals surface area contributed by atoms with E-state index in [1.54, 1.807) is 18.3 Å². The number of amides is 1. The van der Waals surface area contributed by atoms with Crippen LogP contribution in [0.2, 0.25) is 10.0 Å². The first kappa shape index (κ1) is 18.0. The summed E-state index contributed by atoms with van der Waals surface area (Å²) in [4.78, 5) is 17.3. The molecule has 25 heavy (non-hydrogen) atoms. The van der Waals surface area contributed by atoms with E-state index in [0.29, 0.717) is 22.9 Å². The second kappa shape index (κ2) is 7.19. The van der Waals surface area contributed by atoms with Crippen molar-refractivity contribution in [3.8, 4) is 0 Å². The summed E-state index contributed by atoms with van der Waals surface area (Å²) in [6.07, 6.45) is 4.79. The van der Waals surface area contributed by atoms with Gasteiger partial charge in [-0.05, 0) is 42.7 Å². The van der Waals surface area contributed by atoms with Crippen LogP contribution in [-0.4, -0.2) is 10.9 Å². The molecule has 1 aromatic heterocycles. The third kappa shape index (κ3) is 3.73. The minimum absolute atomic E-state index is 0.0162. The number of benzene rings is 1. The van der Waals surface area contributed by atoms with Gasteiger partial charge in [0, 0.05) is 27.9 Å². The molecule has 2 aromatic rings. The number of piperidine rings is 1. The molecule has 3 nitrogen and oxygen atoms in total. The van der Waals surface area contributed by atoms with Gasteiger partial charge in [-0.25, -0.2) is 0 Å². The number of rotatable bonds is 4. The lowest BCUT2D eigenvalue weighted by molar-refractivity contribution is -0.134. The maximum absolute atomic E-state index is 12.8. The highest BCUT2D eigenvalue weighted by Crippen LogP contribution is 2.46. The van der Waals surface area contributed by atoms with Crippen molar-refractivity contribution in [2.24, 2.45) is 5.41 Å². The van der Waals surface area contributed by atoms with Crippen LogP contribution in [0.15, 0.2) is 55.3 Å². The topological polar surface area (TPSA) is 42.0 Å². The van der Waals surface area contributed by atoms with Crippen molar-refractivity contribution in [1.29, 1.82) is 0 Å². The normalized spacial score (nSPS) is 26.1. The van der Waals surface area contributed by atoms with E-state index < -0.39 is 5.41 Å². The molecule has 0 spiro atoms. The molecule has 0 radical (unpaired) electrons. The lowest BCUT2D eigenvalue weighted by atomic mass is 9.69. The molecular weight excluding hydrogens is 355 g/mol. The van der Waals surface area contributed by atoms with Gasteiger partial charge in [0.25, 0.3) is 0 Å². The molecule has 0 unspecified atom stereocenters. The Kier molecular flexibility index (Phi) is 5.16. The number of hydrogen-bond acceptors (Lipinski definition) is 2. The Labute approximate surface area is 158 Å². The number of aromatic nitrogens is 1. The Morgan fingerprint density at radius 3 is 2.64 bits per heavy atom. The van der Waals surface area contributed by atoms with E-state index >= 15 is 0 Å². The highest BCUT2D eigenvalue weighted by Gasteiger charge is 2.44. The lowest BCUT2D eigenvalue weighted by Crippen LogP contribution is -2.49. The van der Waals surface area contributed by atoms with E-state index in [4.69, 9.17) is 23.2 Å². The van der Waals surface area contributed by atoms with Crippen LogP contribution in [0, 0.1) is 5.41 Å². The van der Waals surface area contributed by atoms with Crippen LogP contribution in [0.25, 0.3) is 0 Å². The average Bonchev–Trinajstić information content (AvgIpc) is 2.58. The monoisotopic (exact) mass is 374 g/mol. The van der Waals surface area contributed by atoms with Gasteiger partial charge in [0.15, 0.2) is 0 Å². The highest BCUT2D eigenvalue weighted by atomic mass is 35.5. The number of allylic oxidation sites excluding steroid dienone is 1. The number of hydrogen-bond donors (Lipinski definition) is 1. The SMILES string of the molecule is C=CC[C@]1(C)C[C@H](c2cc(Cl)ccn2)[C@@H](c2ccc(Cl)cc2)NC1=O. The van der Waals surface area contributed by atoms with Gasteiger partial charge < -0.3 is 5.32 Å². The zero-order valence-electron chi connectivity index (χ0n) is 14.0. The van der Waals surface area contributed by atoms with Gasteiger partial charge in [-0.1, -0.05) is 48.3 Å². The van der Waals surface area contributed by atoms with Crippen molar-refractivity contribution >= 4 is 29.1 Å². The standard InChI is InChI=1S/C20H20Cl2N2O/c1-3-9-20(2)12-16(17-11-15(22)8-10-23-17)18(24-19(20)25)13-4-6-14(21)7-5-13/h3-8,10-11,16,18H,1,9,12H2,2H3,(H,24,25)/t16-,18-,20-/m1/s1. The Balaban J connectivity index is 2.03. The van der Waals surface area contributed by atoms with Gasteiger partial charge in [-0.2, -0.15) is 0 Å². The van der Waals surface area contributed by atoms with E-state index in [2.05, 4.69) is 16.9 Å². The molecule has 1 aliphatic rings. The van der Waals surface area contributed by atoms with E-state index in [-0.39, 0.29) is 17.9 Å². The van der Waals surface area contributed by atoms with Gasteiger partial charge in [-0.3, -0.25) is 9.78 Å². The van der Waals surface area contributed by atoms with Crippen molar-refractivity contribution in [1.82, 2.24) is 10.3 Å². The van der Waals surface area contributed by atoms with Gasteiger partial charge in [0.05, 0.1) is 11.5 Å². The Hall–Kier alpha value is -1.84. The zero-order chi connectivity index (χ0) is 18.0. The van der Waals surface area contributed by atoms with Crippen LogP contribution in [0.1, 0.15) is 43.0 Å². The summed E-state index contributed by atoms with van der Waals surface area (Å²) in [6.45, 7) is 5.77. The summed E-state index contributed by atoms with van der Waals surface area (Å²) in [5.74, 6) is 0.0492. The Morgan fingerprint density at radius 2 is 2.00 bits per heavy atom. The van der Waals surface area contributed by atoms with Gasteiger partial charge >= 0.3 is 0 Å². The second-order valence-electron chi connectivity index (χ2n) is 6.77. The predicted octanol–water partition coefficient (Wildman–Crippen LogP) is 5.32. The molecule has 5 heteroatoms. The molecule has 1 aliphatic heterocycles. The first-order valence-corrected chi connectivity index (χ1v) is 8.97. The third-order valence-corrected chi connectivity index (χ3v) is 5.34. The molecule has 1 amide bonds. The number of nitrogens with one attached hydrogen (secondary N) is 1. The number of carbonyl (C=O) groups excluding carboxylic acids is 1. The Morgan fingerprint density at radius 1 is 1.28 bits per heavy atom. The highest BCUT2D eigenvalue weighted by molar-refractivity contribution is 6.30. The van der Waals surface area contributed by atoms with Gasteiger partial charge in [0.1, 0.15) is 0 Å². The van der Waals surface area contributed by atoms with Crippen LogP contribution < -0.4 is 5.32 Å². The zero-order valence-corrected chi connectivity index (χ0v) is 15.5. The first-order valence-electron chi connectivity index (χ1n) is 8.22. The molecule has 1 N–H and O–H groups in total. The van der Waals surface area contributed by atoms with Crippen LogP contribution in [-0.2, 0) is 4.79 Å². The molecule has 3 rings (SSSR count). The molecule has 1 aromatic carbocycles. The molecule has 0 saturated carbocycles. The van der Waals surface area contributed by atoms with Crippen molar-refractivity contribution in [3.63, 3.8) is 0 Å². The molecule has 130 valence electrons. The van der Waals surface area contributed by atoms with Crippen molar-refractivity contribution in [3.05, 3.63) is 76.6 Å². The number of pyridine rings is 1. The van der Waals surface area contributed by atoms with E-state index in [1.807, 2.05) is 37.3 Å². The Bertz CT molecular complexity index is 791. The van der Waals surface area contributed by atoms with Crippen molar-refractivity contribution in [2.45, 2.75) is 31.7 Å². The molecule has 1 fully saturated rings. The summed E-state index contributed by atoms with van der Waals surface area (Å²) in [7, 11) is 0. The van der Waals surface area contributed by atoms with E-state index in [9.17, 15) is 4.79 Å². The number of nitrogens with zero attached hydrogens (tertiary/aromatic N) is 1. The largest absolute Gasteiger partial charge is 0.348 e. The van der Waals surface area contributed by atoms with Gasteiger partial charge in [0.2, 0.25) is 5.91 Å². The lowest BCUT2D eigenvalue weighted by Gasteiger charge is -2.42. The van der Waals surface area contributed by atoms with Crippen LogP contribution >= 0.6 is 23.2 Å². The smallest absolute Gasteiger partial charge is 0.226 e. The van der Waals surface area contributed by atoms with E-state index in [0.717, 1.165) is 11.3 Å². The summed E-state index contributed by atoms with van der Waals surface area (Å²) >= 11 is 12.2. The van der Waals surface area contributed by atoms with Crippen LogP contribution in [0.5, 0.6) is 0 Å². The van der Waals surface area contributed by atoms with Crippen molar-refractivity contribution < 1.29 is 4.79 Å². The molecular formula is C20H20Cl2N2O. The summed E-state index contributed by atoms with van der Waals surface area (Å²) in [6, 6.07) is 11.0. The minimum Gasteiger partial charge on any atom is -0.348 e. The van der Waals surface area contributed by atoms with Crippen molar-refractivity contribution in [2.75, 3.05) is 0 Å². The van der Waals surface area contributed by atoms with E-state index in [1.165, 1.54) is 0 Å². The molecule has 2 heterocycles. The van der Waals surface area contributed by atoms with Crippen LogP contribution in [0.3, 0.4) is 0 Å². The van der Waals surface area contributed by atoms with Gasteiger partial charge in [-0.15, -0.1) is 6.58 Å². The predicted molar refractivity (Wildman–Crippen MR) is 102 cm³/mol. The fourth-order valence-corrected chi connectivity index (χ4v) is 3.79. The summed E-state index contributed by atoms with van der Waals surface area (Å²) < 4.78 is 0.